The monoisotopic (exact) mass is 222 g/mol. The normalized spacial score (nSPS) is 19.0. The number of likely N-dealkylation sites (N-methyl/N-ethyl adjacent to an activating group) is 1. The lowest BCUT2D eigenvalue weighted by Gasteiger charge is -2.34. The summed E-state index contributed by atoms with van der Waals surface area (Å²) in [7, 11) is 1.97. The van der Waals surface area contributed by atoms with Gasteiger partial charge in [0.05, 0.1) is 24.2 Å². The zero-order chi connectivity index (χ0) is 10.8. The van der Waals surface area contributed by atoms with E-state index in [9.17, 15) is 0 Å². The van der Waals surface area contributed by atoms with Gasteiger partial charge in [0.1, 0.15) is 12.4 Å². The van der Waals surface area contributed by atoms with E-state index in [4.69, 9.17) is 21.6 Å². The molecule has 0 aromatic heterocycles. The van der Waals surface area contributed by atoms with Crippen molar-refractivity contribution in [3.8, 4) is 11.8 Å². The summed E-state index contributed by atoms with van der Waals surface area (Å²) in [6.07, 6.45) is 0.471. The van der Waals surface area contributed by atoms with Crippen LogP contribution in [0.15, 0.2) is 18.2 Å². The van der Waals surface area contributed by atoms with E-state index >= 15 is 0 Å². The van der Waals surface area contributed by atoms with Crippen molar-refractivity contribution in [2.24, 2.45) is 0 Å². The zero-order valence-electron chi connectivity index (χ0n) is 8.40. The maximum Gasteiger partial charge on any atom is 0.144 e. The molecule has 1 heterocycles. The van der Waals surface area contributed by atoms with E-state index in [0.717, 1.165) is 11.4 Å². The highest BCUT2D eigenvalue weighted by molar-refractivity contribution is 6.30. The summed E-state index contributed by atoms with van der Waals surface area (Å²) in [5, 5.41) is 9.34. The van der Waals surface area contributed by atoms with Crippen LogP contribution < -0.4 is 9.64 Å². The molecule has 0 aliphatic carbocycles. The predicted molar refractivity (Wildman–Crippen MR) is 59.4 cm³/mol. The Balaban J connectivity index is 2.31. The number of rotatable bonds is 1. The van der Waals surface area contributed by atoms with Crippen LogP contribution in [-0.2, 0) is 0 Å². The Morgan fingerprint density at radius 2 is 2.47 bits per heavy atom. The van der Waals surface area contributed by atoms with Gasteiger partial charge in [0.25, 0.3) is 0 Å². The van der Waals surface area contributed by atoms with Crippen molar-refractivity contribution in [1.82, 2.24) is 0 Å². The number of hydrogen-bond acceptors (Lipinski definition) is 3. The van der Waals surface area contributed by atoms with Gasteiger partial charge in [-0.2, -0.15) is 5.26 Å². The van der Waals surface area contributed by atoms with E-state index in [1.807, 2.05) is 19.2 Å². The Labute approximate surface area is 93.8 Å². The van der Waals surface area contributed by atoms with E-state index in [1.165, 1.54) is 0 Å². The number of benzene rings is 1. The Kier molecular flexibility index (Phi) is 2.70. The third kappa shape index (κ3) is 1.86. The Morgan fingerprint density at radius 1 is 1.67 bits per heavy atom. The van der Waals surface area contributed by atoms with Gasteiger partial charge in [0.15, 0.2) is 0 Å². The lowest BCUT2D eigenvalue weighted by atomic mass is 10.1. The minimum atomic E-state index is 0.128. The van der Waals surface area contributed by atoms with Crippen molar-refractivity contribution < 1.29 is 4.74 Å². The number of anilines is 1. The van der Waals surface area contributed by atoms with Crippen molar-refractivity contribution in [3.05, 3.63) is 23.2 Å². The molecule has 0 saturated heterocycles. The van der Waals surface area contributed by atoms with Crippen LogP contribution in [0.3, 0.4) is 0 Å². The highest BCUT2D eigenvalue weighted by atomic mass is 35.5. The molecule has 1 aliphatic rings. The molecular formula is C11H11ClN2O. The molecule has 0 bridgehead atoms. The predicted octanol–water partition coefficient (Wildman–Crippen LogP) is 2.45. The second-order valence-electron chi connectivity index (χ2n) is 3.55. The van der Waals surface area contributed by atoms with Crippen LogP contribution in [0.25, 0.3) is 0 Å². The van der Waals surface area contributed by atoms with Crippen LogP contribution in [0.5, 0.6) is 5.75 Å². The van der Waals surface area contributed by atoms with Crippen molar-refractivity contribution in [2.75, 3.05) is 18.6 Å². The molecule has 0 radical (unpaired) electrons. The van der Waals surface area contributed by atoms with Gasteiger partial charge in [0.2, 0.25) is 0 Å². The largest absolute Gasteiger partial charge is 0.489 e. The number of nitriles is 1. The molecule has 0 amide bonds. The average molecular weight is 223 g/mol. The first-order chi connectivity index (χ1) is 7.22. The van der Waals surface area contributed by atoms with Crippen LogP contribution in [0.2, 0.25) is 5.02 Å². The molecule has 1 aromatic carbocycles. The van der Waals surface area contributed by atoms with Gasteiger partial charge in [-0.25, -0.2) is 0 Å². The molecule has 0 saturated carbocycles. The third-order valence-electron chi connectivity index (χ3n) is 2.61. The molecule has 2 rings (SSSR count). The second-order valence-corrected chi connectivity index (χ2v) is 3.99. The van der Waals surface area contributed by atoms with Crippen LogP contribution >= 0.6 is 11.6 Å². The molecule has 0 N–H and O–H groups in total. The van der Waals surface area contributed by atoms with Crippen molar-refractivity contribution in [3.63, 3.8) is 0 Å². The Hall–Kier alpha value is -1.40. The molecular weight excluding hydrogens is 212 g/mol. The molecule has 4 heteroatoms. The van der Waals surface area contributed by atoms with E-state index in [0.29, 0.717) is 18.1 Å². The zero-order valence-corrected chi connectivity index (χ0v) is 9.16. The summed E-state index contributed by atoms with van der Waals surface area (Å²) >= 11 is 5.87. The van der Waals surface area contributed by atoms with Crippen LogP contribution in [0, 0.1) is 11.3 Å². The molecule has 0 spiro atoms. The second kappa shape index (κ2) is 4.00. The Morgan fingerprint density at radius 3 is 3.20 bits per heavy atom. The van der Waals surface area contributed by atoms with Gasteiger partial charge >= 0.3 is 0 Å². The molecule has 78 valence electrons. The first-order valence-corrected chi connectivity index (χ1v) is 5.12. The summed E-state index contributed by atoms with van der Waals surface area (Å²) in [4.78, 5) is 2.07. The van der Waals surface area contributed by atoms with Crippen LogP contribution in [-0.4, -0.2) is 19.7 Å². The van der Waals surface area contributed by atoms with Gasteiger partial charge in [-0.05, 0) is 12.1 Å². The van der Waals surface area contributed by atoms with Crippen molar-refractivity contribution in [2.45, 2.75) is 12.5 Å². The number of hydrogen-bond donors (Lipinski definition) is 0. The lowest BCUT2D eigenvalue weighted by Crippen LogP contribution is -2.40. The molecule has 1 unspecified atom stereocenters. The fourth-order valence-corrected chi connectivity index (χ4v) is 1.85. The number of ether oxygens (including phenoxy) is 1. The van der Waals surface area contributed by atoms with E-state index < -0.39 is 0 Å². The third-order valence-corrected chi connectivity index (χ3v) is 2.84. The fraction of sp³-hybridized carbons (Fsp3) is 0.364. The lowest BCUT2D eigenvalue weighted by molar-refractivity contribution is 0.268. The molecule has 1 aliphatic heterocycles. The maximum absolute atomic E-state index is 8.68. The topological polar surface area (TPSA) is 36.3 Å². The van der Waals surface area contributed by atoms with Gasteiger partial charge in [0, 0.05) is 18.1 Å². The van der Waals surface area contributed by atoms with Gasteiger partial charge in [-0.15, -0.1) is 0 Å². The summed E-state index contributed by atoms with van der Waals surface area (Å²) < 4.78 is 5.56. The molecule has 3 nitrogen and oxygen atoms in total. The SMILES string of the molecule is CN1c2ccc(Cl)cc2OCC1CC#N. The summed E-state index contributed by atoms with van der Waals surface area (Å²) in [6, 6.07) is 7.84. The van der Waals surface area contributed by atoms with E-state index in [2.05, 4.69) is 11.0 Å². The first kappa shape index (κ1) is 10.1. The minimum Gasteiger partial charge on any atom is -0.489 e. The number of fused-ring (bicyclic) bond motifs is 1. The first-order valence-electron chi connectivity index (χ1n) is 4.74. The van der Waals surface area contributed by atoms with E-state index in [-0.39, 0.29) is 6.04 Å². The van der Waals surface area contributed by atoms with Gasteiger partial charge in [-0.3, -0.25) is 0 Å². The number of halogens is 1. The van der Waals surface area contributed by atoms with Crippen molar-refractivity contribution in [1.29, 1.82) is 5.26 Å². The highest BCUT2D eigenvalue weighted by Gasteiger charge is 2.24. The molecule has 1 aromatic rings. The summed E-state index contributed by atoms with van der Waals surface area (Å²) in [5.41, 5.74) is 0.992. The van der Waals surface area contributed by atoms with Gasteiger partial charge < -0.3 is 9.64 Å². The van der Waals surface area contributed by atoms with Crippen molar-refractivity contribution >= 4 is 17.3 Å². The standard InChI is InChI=1S/C11H11ClN2O/c1-14-9(4-5-13)7-15-11-6-8(12)2-3-10(11)14/h2-3,6,9H,4,7H2,1H3. The van der Waals surface area contributed by atoms with Gasteiger partial charge in [-0.1, -0.05) is 11.6 Å². The van der Waals surface area contributed by atoms with E-state index in [1.54, 1.807) is 6.07 Å². The maximum atomic E-state index is 8.68. The van der Waals surface area contributed by atoms with Crippen LogP contribution in [0.4, 0.5) is 5.69 Å². The highest BCUT2D eigenvalue weighted by Crippen LogP contribution is 2.35. The molecule has 0 fully saturated rings. The molecule has 1 atom stereocenters. The van der Waals surface area contributed by atoms with Crippen LogP contribution in [0.1, 0.15) is 6.42 Å². The summed E-state index contributed by atoms with van der Waals surface area (Å²) in [6.45, 7) is 0.539. The quantitative estimate of drug-likeness (QED) is 0.732. The number of nitrogens with zero attached hydrogens (tertiary/aromatic N) is 2. The smallest absolute Gasteiger partial charge is 0.144 e. The fourth-order valence-electron chi connectivity index (χ4n) is 1.69. The summed E-state index contributed by atoms with van der Waals surface area (Å²) in [5.74, 6) is 0.791. The average Bonchev–Trinajstić information content (AvgIpc) is 2.22. The minimum absolute atomic E-state index is 0.128. The Bertz CT molecular complexity index is 414. The molecule has 15 heavy (non-hydrogen) atoms.